The van der Waals surface area contributed by atoms with Crippen molar-refractivity contribution in [1.29, 1.82) is 0 Å². The van der Waals surface area contributed by atoms with Gasteiger partial charge in [0.1, 0.15) is 5.82 Å². The molecule has 4 heteroatoms. The Morgan fingerprint density at radius 1 is 0.750 bits per heavy atom. The molecule has 2 aromatic carbocycles. The van der Waals surface area contributed by atoms with Gasteiger partial charge in [-0.2, -0.15) is 0 Å². The molecular weight excluding hydrogens is 490 g/mol. The summed E-state index contributed by atoms with van der Waals surface area (Å²) in [4.78, 5) is 20.0. The molecule has 0 bridgehead atoms. The molecule has 0 radical (unpaired) electrons. The van der Waals surface area contributed by atoms with Crippen molar-refractivity contribution in [3.63, 3.8) is 0 Å². The lowest BCUT2D eigenvalue weighted by molar-refractivity contribution is -0.117. The van der Waals surface area contributed by atoms with E-state index < -0.39 is 0 Å². The lowest BCUT2D eigenvalue weighted by Gasteiger charge is -2.18. The van der Waals surface area contributed by atoms with Gasteiger partial charge in [0.05, 0.1) is 11.0 Å². The van der Waals surface area contributed by atoms with E-state index in [-0.39, 0.29) is 11.8 Å². The Balaban J connectivity index is 1.16. The highest BCUT2D eigenvalue weighted by Gasteiger charge is 2.34. The smallest absolute Gasteiger partial charge is 0.227 e. The topological polar surface area (TPSA) is 38.1 Å². The van der Waals surface area contributed by atoms with Crippen molar-refractivity contribution in [3.05, 3.63) is 59.9 Å². The van der Waals surface area contributed by atoms with Crippen LogP contribution in [0.5, 0.6) is 0 Å². The summed E-state index contributed by atoms with van der Waals surface area (Å²) in [5.74, 6) is 1.43. The van der Waals surface area contributed by atoms with E-state index in [1.165, 1.54) is 114 Å². The zero-order valence-corrected chi connectivity index (χ0v) is 25.4. The van der Waals surface area contributed by atoms with Gasteiger partial charge in [-0.15, -0.1) is 0 Å². The Labute approximate surface area is 243 Å². The summed E-state index contributed by atoms with van der Waals surface area (Å²) in [5, 5.41) is 0. The Morgan fingerprint density at radius 2 is 1.35 bits per heavy atom. The van der Waals surface area contributed by atoms with Crippen molar-refractivity contribution in [2.75, 3.05) is 11.4 Å². The molecule has 4 rings (SSSR count). The summed E-state index contributed by atoms with van der Waals surface area (Å²) >= 11 is 0. The van der Waals surface area contributed by atoms with E-state index in [1.54, 1.807) is 0 Å². The molecule has 4 nitrogen and oxygen atoms in total. The molecule has 1 atom stereocenters. The maximum atomic E-state index is 13.0. The number of imidazole rings is 1. The van der Waals surface area contributed by atoms with Crippen molar-refractivity contribution in [3.8, 4) is 0 Å². The Bertz CT molecular complexity index is 1170. The van der Waals surface area contributed by atoms with E-state index in [2.05, 4.69) is 54.8 Å². The number of amides is 1. The first-order valence-corrected chi connectivity index (χ1v) is 16.5. The third kappa shape index (κ3) is 8.94. The van der Waals surface area contributed by atoms with Crippen molar-refractivity contribution >= 4 is 22.6 Å². The zero-order valence-electron chi connectivity index (χ0n) is 25.4. The first-order valence-electron chi connectivity index (χ1n) is 16.5. The first-order chi connectivity index (χ1) is 19.7. The van der Waals surface area contributed by atoms with Crippen molar-refractivity contribution in [2.45, 2.75) is 135 Å². The van der Waals surface area contributed by atoms with E-state index in [0.717, 1.165) is 23.6 Å². The van der Waals surface area contributed by atoms with E-state index >= 15 is 0 Å². The molecule has 40 heavy (non-hydrogen) atoms. The van der Waals surface area contributed by atoms with Gasteiger partial charge >= 0.3 is 0 Å². The van der Waals surface area contributed by atoms with E-state index in [1.807, 2.05) is 17.0 Å². The number of para-hydroxylation sites is 2. The molecule has 0 saturated carbocycles. The van der Waals surface area contributed by atoms with Crippen molar-refractivity contribution in [2.24, 2.45) is 0 Å². The number of unbranched alkanes of at least 4 members (excludes halogenated alkanes) is 15. The van der Waals surface area contributed by atoms with Gasteiger partial charge in [-0.25, -0.2) is 4.98 Å². The fraction of sp³-hybridized carbons (Fsp3) is 0.611. The molecule has 1 aliphatic heterocycles. The van der Waals surface area contributed by atoms with Crippen LogP contribution in [0.25, 0.3) is 11.0 Å². The quantitative estimate of drug-likeness (QED) is 0.141. The predicted octanol–water partition coefficient (Wildman–Crippen LogP) is 10.1. The number of carbonyl (C=O) groups excluding carboxylic acids is 1. The van der Waals surface area contributed by atoms with Crippen LogP contribution in [-0.4, -0.2) is 22.0 Å². The molecule has 1 aromatic heterocycles. The summed E-state index contributed by atoms with van der Waals surface area (Å²) in [6.07, 6.45) is 22.7. The second kappa shape index (κ2) is 16.6. The van der Waals surface area contributed by atoms with Gasteiger partial charge in [-0.05, 0) is 43.2 Å². The van der Waals surface area contributed by atoms with Gasteiger partial charge in [0.25, 0.3) is 0 Å². The van der Waals surface area contributed by atoms with E-state index in [9.17, 15) is 4.79 Å². The number of benzene rings is 2. The van der Waals surface area contributed by atoms with Crippen LogP contribution in [-0.2, 0) is 11.3 Å². The summed E-state index contributed by atoms with van der Waals surface area (Å²) in [6.45, 7) is 6.08. The Morgan fingerprint density at radius 3 is 1.98 bits per heavy atom. The second-order valence-electron chi connectivity index (χ2n) is 12.2. The first kappa shape index (κ1) is 30.3. The summed E-state index contributed by atoms with van der Waals surface area (Å²) in [7, 11) is 0. The lowest BCUT2D eigenvalue weighted by atomic mass is 10.0. The Hall–Kier alpha value is -2.62. The molecule has 0 spiro atoms. The summed E-state index contributed by atoms with van der Waals surface area (Å²) in [6, 6.07) is 16.8. The molecular formula is C36H53N3O. The largest absolute Gasteiger partial charge is 0.328 e. The number of hydrogen-bond acceptors (Lipinski definition) is 2. The van der Waals surface area contributed by atoms with Gasteiger partial charge in [0, 0.05) is 31.1 Å². The maximum absolute atomic E-state index is 13.0. The number of rotatable bonds is 19. The highest BCUT2D eigenvalue weighted by atomic mass is 16.2. The average Bonchev–Trinajstić information content (AvgIpc) is 3.53. The molecule has 218 valence electrons. The molecule has 1 unspecified atom stereocenters. The number of anilines is 1. The third-order valence-corrected chi connectivity index (χ3v) is 8.72. The standard InChI is InChI=1S/C36H53N3O/c1-3-4-5-6-7-8-9-10-11-12-13-14-15-16-17-20-26-38-34-25-19-18-24-33(34)37-36(38)31-28-35(40)39(29-31)32-23-21-22-30(2)27-32/h18-19,21-25,27,31H,3-17,20,26,28-29H2,1-2H3. The van der Waals surface area contributed by atoms with Crippen LogP contribution in [0.4, 0.5) is 5.69 Å². The molecule has 0 N–H and O–H groups in total. The molecule has 1 fully saturated rings. The predicted molar refractivity (Wildman–Crippen MR) is 170 cm³/mol. The van der Waals surface area contributed by atoms with Crippen LogP contribution in [0.2, 0.25) is 0 Å². The SMILES string of the molecule is CCCCCCCCCCCCCCCCCCn1c(C2CC(=O)N(c3cccc(C)c3)C2)nc2ccccc21. The van der Waals surface area contributed by atoms with Crippen molar-refractivity contribution in [1.82, 2.24) is 9.55 Å². The minimum Gasteiger partial charge on any atom is -0.328 e. The number of nitrogens with zero attached hydrogens (tertiary/aromatic N) is 3. The molecule has 3 aromatic rings. The fourth-order valence-electron chi connectivity index (χ4n) is 6.38. The van der Waals surface area contributed by atoms with Gasteiger partial charge < -0.3 is 9.47 Å². The third-order valence-electron chi connectivity index (χ3n) is 8.72. The van der Waals surface area contributed by atoms with Gasteiger partial charge in [0.2, 0.25) is 5.91 Å². The average molecular weight is 544 g/mol. The fourth-order valence-corrected chi connectivity index (χ4v) is 6.38. The normalized spacial score (nSPS) is 15.5. The highest BCUT2D eigenvalue weighted by Crippen LogP contribution is 2.33. The van der Waals surface area contributed by atoms with Crippen LogP contribution in [0.15, 0.2) is 48.5 Å². The summed E-state index contributed by atoms with van der Waals surface area (Å²) in [5.41, 5.74) is 4.45. The number of carbonyl (C=O) groups is 1. The van der Waals surface area contributed by atoms with Gasteiger partial charge in [-0.1, -0.05) is 128 Å². The number of aromatic nitrogens is 2. The molecule has 1 saturated heterocycles. The summed E-state index contributed by atoms with van der Waals surface area (Å²) < 4.78 is 2.41. The highest BCUT2D eigenvalue weighted by molar-refractivity contribution is 5.96. The number of aryl methyl sites for hydroxylation is 2. The Kier molecular flexibility index (Phi) is 12.6. The lowest BCUT2D eigenvalue weighted by Crippen LogP contribution is -2.24. The minimum absolute atomic E-state index is 0.140. The van der Waals surface area contributed by atoms with Crippen LogP contribution in [0.1, 0.15) is 133 Å². The molecule has 1 amide bonds. The number of fused-ring (bicyclic) bond motifs is 1. The number of hydrogen-bond donors (Lipinski definition) is 0. The van der Waals surface area contributed by atoms with Crippen LogP contribution in [0.3, 0.4) is 0 Å². The van der Waals surface area contributed by atoms with Gasteiger partial charge in [0.15, 0.2) is 0 Å². The maximum Gasteiger partial charge on any atom is 0.227 e. The van der Waals surface area contributed by atoms with E-state index in [4.69, 9.17) is 4.98 Å². The van der Waals surface area contributed by atoms with E-state index in [0.29, 0.717) is 13.0 Å². The zero-order chi connectivity index (χ0) is 28.0. The molecule has 1 aliphatic rings. The van der Waals surface area contributed by atoms with Gasteiger partial charge in [-0.3, -0.25) is 4.79 Å². The van der Waals surface area contributed by atoms with Crippen LogP contribution >= 0.6 is 0 Å². The minimum atomic E-state index is 0.140. The second-order valence-corrected chi connectivity index (χ2v) is 12.2. The van der Waals surface area contributed by atoms with Crippen LogP contribution in [0, 0.1) is 6.92 Å². The monoisotopic (exact) mass is 543 g/mol. The molecule has 0 aliphatic carbocycles. The van der Waals surface area contributed by atoms with Crippen LogP contribution < -0.4 is 4.90 Å². The van der Waals surface area contributed by atoms with Crippen molar-refractivity contribution < 1.29 is 4.79 Å². The molecule has 2 heterocycles.